The highest BCUT2D eigenvalue weighted by Crippen LogP contribution is 2.11. The number of guanidine groups is 1. The average molecular weight is 388 g/mol. The summed E-state index contributed by atoms with van der Waals surface area (Å²) in [4.78, 5) is 4.04. The van der Waals surface area contributed by atoms with Gasteiger partial charge in [0.2, 0.25) is 10.0 Å². The molecule has 0 spiro atoms. The standard InChI is InChI=1S/C10H20N4O2S.HI/c1-9(2)8-13-10(11)12-4-6-14-5-3-7-17(14,15)16;/h1,3-8H2,2H3,(H3,11,12,13);1H. The fraction of sp³-hybridized carbons (Fsp3) is 0.700. The molecule has 0 amide bonds. The summed E-state index contributed by atoms with van der Waals surface area (Å²) in [7, 11) is -3.01. The summed E-state index contributed by atoms with van der Waals surface area (Å²) in [5.41, 5.74) is 6.53. The Morgan fingerprint density at radius 1 is 1.56 bits per heavy atom. The predicted molar refractivity (Wildman–Crippen MR) is 84.7 cm³/mol. The lowest BCUT2D eigenvalue weighted by Crippen LogP contribution is -2.39. The highest BCUT2D eigenvalue weighted by atomic mass is 127. The maximum absolute atomic E-state index is 11.5. The first kappa shape index (κ1) is 17.6. The van der Waals surface area contributed by atoms with E-state index in [2.05, 4.69) is 16.9 Å². The summed E-state index contributed by atoms with van der Waals surface area (Å²) in [6.07, 6.45) is 0.710. The van der Waals surface area contributed by atoms with Crippen LogP contribution in [0.4, 0.5) is 0 Å². The second-order valence-corrected chi connectivity index (χ2v) is 6.24. The Kier molecular flexibility index (Phi) is 7.79. The third-order valence-electron chi connectivity index (χ3n) is 2.39. The van der Waals surface area contributed by atoms with Crippen molar-refractivity contribution >= 4 is 40.0 Å². The topological polar surface area (TPSA) is 87.8 Å². The Balaban J connectivity index is 0.00000289. The summed E-state index contributed by atoms with van der Waals surface area (Å²) in [6, 6.07) is 0. The number of nitrogens with zero attached hydrogens (tertiary/aromatic N) is 2. The Morgan fingerprint density at radius 3 is 2.72 bits per heavy atom. The molecule has 0 saturated carbocycles. The van der Waals surface area contributed by atoms with Crippen LogP contribution in [0.15, 0.2) is 17.1 Å². The molecule has 0 atom stereocenters. The van der Waals surface area contributed by atoms with Gasteiger partial charge in [-0.15, -0.1) is 24.0 Å². The minimum absolute atomic E-state index is 0. The van der Waals surface area contributed by atoms with Gasteiger partial charge in [0.05, 0.1) is 12.3 Å². The van der Waals surface area contributed by atoms with Crippen LogP contribution in [0.5, 0.6) is 0 Å². The first-order valence-corrected chi connectivity index (χ1v) is 7.19. The van der Waals surface area contributed by atoms with E-state index in [-0.39, 0.29) is 29.7 Å². The number of nitrogens with two attached hydrogens (primary N) is 1. The van der Waals surface area contributed by atoms with E-state index in [0.29, 0.717) is 38.6 Å². The van der Waals surface area contributed by atoms with Gasteiger partial charge in [-0.1, -0.05) is 12.2 Å². The van der Waals surface area contributed by atoms with Crippen LogP contribution < -0.4 is 11.1 Å². The molecule has 1 heterocycles. The molecular weight excluding hydrogens is 367 g/mol. The van der Waals surface area contributed by atoms with Crippen molar-refractivity contribution in [3.8, 4) is 0 Å². The van der Waals surface area contributed by atoms with E-state index in [1.54, 1.807) is 0 Å². The van der Waals surface area contributed by atoms with Crippen LogP contribution in [0.25, 0.3) is 0 Å². The van der Waals surface area contributed by atoms with Gasteiger partial charge in [-0.2, -0.15) is 0 Å². The molecule has 1 aliphatic heterocycles. The molecule has 1 rings (SSSR count). The molecule has 0 bridgehead atoms. The number of halogens is 1. The van der Waals surface area contributed by atoms with Crippen LogP contribution in [-0.4, -0.2) is 50.6 Å². The average Bonchev–Trinajstić information content (AvgIpc) is 2.55. The Morgan fingerprint density at radius 2 is 2.22 bits per heavy atom. The molecule has 1 aliphatic rings. The summed E-state index contributed by atoms with van der Waals surface area (Å²) in [5.74, 6) is 0.580. The lowest BCUT2D eigenvalue weighted by atomic mass is 10.4. The third-order valence-corrected chi connectivity index (χ3v) is 4.35. The summed E-state index contributed by atoms with van der Waals surface area (Å²) in [6.45, 7) is 7.58. The van der Waals surface area contributed by atoms with Crippen molar-refractivity contribution in [2.45, 2.75) is 13.3 Å². The molecule has 0 unspecified atom stereocenters. The van der Waals surface area contributed by atoms with Gasteiger partial charge in [0.15, 0.2) is 5.96 Å². The number of hydrogen-bond donors (Lipinski definition) is 2. The maximum Gasteiger partial charge on any atom is 0.214 e. The van der Waals surface area contributed by atoms with Crippen LogP contribution in [0, 0.1) is 0 Å². The van der Waals surface area contributed by atoms with Crippen molar-refractivity contribution in [1.82, 2.24) is 9.62 Å². The van der Waals surface area contributed by atoms with E-state index >= 15 is 0 Å². The molecule has 0 aromatic heterocycles. The molecule has 106 valence electrons. The second-order valence-electron chi connectivity index (χ2n) is 4.15. The SMILES string of the molecule is C=C(C)CN=C(N)NCCN1CCCS1(=O)=O.I. The van der Waals surface area contributed by atoms with Crippen molar-refractivity contribution in [3.05, 3.63) is 12.2 Å². The molecule has 1 fully saturated rings. The van der Waals surface area contributed by atoms with Gasteiger partial charge < -0.3 is 11.1 Å². The van der Waals surface area contributed by atoms with Crippen molar-refractivity contribution in [2.24, 2.45) is 10.7 Å². The zero-order valence-corrected chi connectivity index (χ0v) is 13.7. The summed E-state index contributed by atoms with van der Waals surface area (Å²) in [5, 5.41) is 2.88. The number of hydrogen-bond acceptors (Lipinski definition) is 3. The van der Waals surface area contributed by atoms with Gasteiger partial charge in [0.1, 0.15) is 0 Å². The number of sulfonamides is 1. The maximum atomic E-state index is 11.5. The number of aliphatic imine (C=N–C) groups is 1. The minimum Gasteiger partial charge on any atom is -0.370 e. The van der Waals surface area contributed by atoms with E-state index in [1.165, 1.54) is 4.31 Å². The van der Waals surface area contributed by atoms with E-state index in [0.717, 1.165) is 5.57 Å². The normalized spacial score (nSPS) is 19.3. The van der Waals surface area contributed by atoms with Crippen LogP contribution in [0.1, 0.15) is 13.3 Å². The Labute approximate surface area is 126 Å². The number of rotatable bonds is 5. The molecule has 3 N–H and O–H groups in total. The number of nitrogens with one attached hydrogen (secondary N) is 1. The van der Waals surface area contributed by atoms with Crippen molar-refractivity contribution < 1.29 is 8.42 Å². The van der Waals surface area contributed by atoms with E-state index in [4.69, 9.17) is 5.73 Å². The minimum atomic E-state index is -3.01. The molecule has 0 aromatic rings. The van der Waals surface area contributed by atoms with Crippen LogP contribution in [0.3, 0.4) is 0 Å². The van der Waals surface area contributed by atoms with E-state index in [1.807, 2.05) is 6.92 Å². The molecule has 18 heavy (non-hydrogen) atoms. The predicted octanol–water partition coefficient (Wildman–Crippen LogP) is 0.120. The van der Waals surface area contributed by atoms with Crippen LogP contribution in [0.2, 0.25) is 0 Å². The highest BCUT2D eigenvalue weighted by molar-refractivity contribution is 14.0. The van der Waals surface area contributed by atoms with Crippen LogP contribution in [-0.2, 0) is 10.0 Å². The fourth-order valence-corrected chi connectivity index (χ4v) is 3.06. The van der Waals surface area contributed by atoms with Gasteiger partial charge in [0, 0.05) is 19.6 Å². The molecule has 0 aliphatic carbocycles. The van der Waals surface area contributed by atoms with Crippen molar-refractivity contribution in [2.75, 3.05) is 31.9 Å². The first-order valence-electron chi connectivity index (χ1n) is 5.58. The van der Waals surface area contributed by atoms with Gasteiger partial charge in [-0.3, -0.25) is 0 Å². The van der Waals surface area contributed by atoms with E-state index < -0.39 is 10.0 Å². The van der Waals surface area contributed by atoms with Gasteiger partial charge >= 0.3 is 0 Å². The first-order chi connectivity index (χ1) is 7.92. The lowest BCUT2D eigenvalue weighted by Gasteiger charge is -2.14. The Bertz CT molecular complexity index is 408. The quantitative estimate of drug-likeness (QED) is 0.303. The molecule has 1 saturated heterocycles. The van der Waals surface area contributed by atoms with Gasteiger partial charge in [-0.25, -0.2) is 17.7 Å². The van der Waals surface area contributed by atoms with Gasteiger partial charge in [-0.05, 0) is 13.3 Å². The molecule has 0 radical (unpaired) electrons. The molecule has 8 heteroatoms. The highest BCUT2D eigenvalue weighted by Gasteiger charge is 2.27. The molecular formula is C10H21IN4O2S. The Hall–Kier alpha value is -0.350. The smallest absolute Gasteiger partial charge is 0.214 e. The largest absolute Gasteiger partial charge is 0.370 e. The zero-order valence-electron chi connectivity index (χ0n) is 10.6. The lowest BCUT2D eigenvalue weighted by molar-refractivity contribution is 0.445. The van der Waals surface area contributed by atoms with Crippen LogP contribution >= 0.6 is 24.0 Å². The fourth-order valence-electron chi connectivity index (χ4n) is 1.53. The van der Waals surface area contributed by atoms with Crippen molar-refractivity contribution in [3.63, 3.8) is 0 Å². The summed E-state index contributed by atoms with van der Waals surface area (Å²) < 4.78 is 24.4. The second kappa shape index (κ2) is 7.95. The van der Waals surface area contributed by atoms with E-state index in [9.17, 15) is 8.42 Å². The third kappa shape index (κ3) is 6.01. The van der Waals surface area contributed by atoms with Crippen molar-refractivity contribution in [1.29, 1.82) is 0 Å². The summed E-state index contributed by atoms with van der Waals surface area (Å²) >= 11 is 0. The zero-order chi connectivity index (χ0) is 12.9. The molecule has 6 nitrogen and oxygen atoms in total. The monoisotopic (exact) mass is 388 g/mol. The van der Waals surface area contributed by atoms with Gasteiger partial charge in [0.25, 0.3) is 0 Å². The molecule has 0 aromatic carbocycles.